The number of hydrogen-bond donors (Lipinski definition) is 0. The Bertz CT molecular complexity index is 986. The average molecular weight is 411 g/mol. The highest BCUT2D eigenvalue weighted by Gasteiger charge is 2.35. The van der Waals surface area contributed by atoms with Crippen molar-refractivity contribution in [2.75, 3.05) is 40.5 Å². The van der Waals surface area contributed by atoms with Gasteiger partial charge in [-0.05, 0) is 29.8 Å². The van der Waals surface area contributed by atoms with E-state index in [0.717, 1.165) is 18.7 Å². The average Bonchev–Trinajstić information content (AvgIpc) is 2.77. The van der Waals surface area contributed by atoms with E-state index in [9.17, 15) is 14.4 Å². The molecule has 0 N–H and O–H groups in total. The summed E-state index contributed by atoms with van der Waals surface area (Å²) in [5.74, 6) is -1.76. The van der Waals surface area contributed by atoms with Crippen LogP contribution in [-0.4, -0.2) is 62.8 Å². The van der Waals surface area contributed by atoms with Gasteiger partial charge in [-0.2, -0.15) is 0 Å². The van der Waals surface area contributed by atoms with Crippen LogP contribution in [0.25, 0.3) is 0 Å². The van der Waals surface area contributed by atoms with Gasteiger partial charge in [-0.25, -0.2) is 0 Å². The lowest BCUT2D eigenvalue weighted by molar-refractivity contribution is -0.118. The first-order valence-corrected chi connectivity index (χ1v) is 9.52. The van der Waals surface area contributed by atoms with Gasteiger partial charge >= 0.3 is 0 Å². The summed E-state index contributed by atoms with van der Waals surface area (Å²) in [7, 11) is 2.68. The molecule has 2 heterocycles. The zero-order valence-electron chi connectivity index (χ0n) is 16.7. The van der Waals surface area contributed by atoms with E-state index in [1.807, 2.05) is 6.07 Å². The number of ketones is 3. The second-order valence-corrected chi connectivity index (χ2v) is 7.02. The van der Waals surface area contributed by atoms with Crippen molar-refractivity contribution in [3.8, 4) is 5.75 Å². The van der Waals surface area contributed by atoms with E-state index in [1.54, 1.807) is 12.1 Å². The summed E-state index contributed by atoms with van der Waals surface area (Å²) in [6.45, 7) is 3.71. The normalized spacial score (nSPS) is 19.7. The Morgan fingerprint density at radius 2 is 1.60 bits per heavy atom. The number of carbonyl (C=O) groups is 3. The molecule has 0 bridgehead atoms. The van der Waals surface area contributed by atoms with Crippen molar-refractivity contribution >= 4 is 17.3 Å². The highest BCUT2D eigenvalue weighted by atomic mass is 16.5. The van der Waals surface area contributed by atoms with Gasteiger partial charge < -0.3 is 18.9 Å². The Labute approximate surface area is 173 Å². The zero-order chi connectivity index (χ0) is 21.3. The van der Waals surface area contributed by atoms with E-state index >= 15 is 0 Å². The smallest absolute Gasteiger partial charge is 0.269 e. The van der Waals surface area contributed by atoms with Crippen molar-refractivity contribution in [3.05, 3.63) is 64.3 Å². The highest BCUT2D eigenvalue weighted by molar-refractivity contribution is 6.50. The number of carbonyl (C=O) groups excluding carboxylic acids is 3. The number of morpholine rings is 1. The second kappa shape index (κ2) is 8.25. The molecule has 8 nitrogen and oxygen atoms in total. The molecule has 1 aromatic rings. The van der Waals surface area contributed by atoms with Gasteiger partial charge in [-0.1, -0.05) is 6.07 Å². The van der Waals surface area contributed by atoms with Crippen molar-refractivity contribution in [1.29, 1.82) is 0 Å². The molecular weight excluding hydrogens is 390 g/mol. The molecule has 0 saturated carbocycles. The molecule has 0 spiro atoms. The minimum atomic E-state index is -0.786. The molecule has 156 valence electrons. The van der Waals surface area contributed by atoms with Crippen LogP contribution in [0.3, 0.4) is 0 Å². The van der Waals surface area contributed by atoms with Crippen LogP contribution < -0.4 is 4.74 Å². The standard InChI is InChI=1S/C22H21NO7/c1-27-17-10-14(11-18(28-2)20(17)25)22-21(26)19(24)15-4-3-13(9-16(15)30-22)12-23-5-7-29-8-6-23/h3-4,9-11H,5-8,12H2,1-2H3. The minimum absolute atomic E-state index is 0.00689. The maximum absolute atomic E-state index is 12.7. The number of methoxy groups -OCH3 is 2. The van der Waals surface area contributed by atoms with Crippen molar-refractivity contribution < 1.29 is 33.3 Å². The maximum Gasteiger partial charge on any atom is 0.269 e. The number of hydrogen-bond acceptors (Lipinski definition) is 8. The predicted octanol–water partition coefficient (Wildman–Crippen LogP) is 1.56. The molecule has 0 unspecified atom stereocenters. The summed E-state index contributed by atoms with van der Waals surface area (Å²) < 4.78 is 21.4. The molecule has 0 atom stereocenters. The van der Waals surface area contributed by atoms with Crippen LogP contribution in [-0.2, 0) is 30.3 Å². The fourth-order valence-electron chi connectivity index (χ4n) is 3.54. The molecular formula is C22H21NO7. The van der Waals surface area contributed by atoms with Crippen LogP contribution in [0, 0.1) is 0 Å². The summed E-state index contributed by atoms with van der Waals surface area (Å²) in [5, 5.41) is 0. The summed E-state index contributed by atoms with van der Waals surface area (Å²) >= 11 is 0. The van der Waals surface area contributed by atoms with Gasteiger partial charge in [0.25, 0.3) is 11.6 Å². The van der Waals surface area contributed by atoms with E-state index < -0.39 is 17.3 Å². The molecule has 0 radical (unpaired) electrons. The van der Waals surface area contributed by atoms with Crippen LogP contribution in [0.15, 0.2) is 53.2 Å². The highest BCUT2D eigenvalue weighted by Crippen LogP contribution is 2.33. The van der Waals surface area contributed by atoms with E-state index in [4.69, 9.17) is 18.9 Å². The van der Waals surface area contributed by atoms with Gasteiger partial charge in [0.1, 0.15) is 5.75 Å². The SMILES string of the molecule is COC1=CC(=C2Oc3cc(CN4CCOCC4)ccc3C(=O)C2=O)C=C(OC)C1=O. The molecule has 8 heteroatoms. The maximum atomic E-state index is 12.7. The van der Waals surface area contributed by atoms with Crippen molar-refractivity contribution in [1.82, 2.24) is 4.90 Å². The van der Waals surface area contributed by atoms with Gasteiger partial charge in [0.05, 0.1) is 33.0 Å². The lowest BCUT2D eigenvalue weighted by atomic mass is 9.96. The van der Waals surface area contributed by atoms with Crippen molar-refractivity contribution in [2.45, 2.75) is 6.54 Å². The first-order valence-electron chi connectivity index (χ1n) is 9.52. The number of Topliss-reactive ketones (excluding diaryl/α,β-unsaturated/α-hetero) is 3. The second-order valence-electron chi connectivity index (χ2n) is 7.02. The van der Waals surface area contributed by atoms with Gasteiger partial charge in [0, 0.05) is 25.2 Å². The minimum Gasteiger partial charge on any atom is -0.492 e. The van der Waals surface area contributed by atoms with E-state index in [1.165, 1.54) is 26.4 Å². The third-order valence-electron chi connectivity index (χ3n) is 5.15. The molecule has 1 fully saturated rings. The van der Waals surface area contributed by atoms with Gasteiger partial charge in [0.2, 0.25) is 5.78 Å². The Morgan fingerprint density at radius 3 is 2.23 bits per heavy atom. The number of rotatable bonds is 4. The molecule has 0 amide bonds. The van der Waals surface area contributed by atoms with Crippen molar-refractivity contribution in [3.63, 3.8) is 0 Å². The third-order valence-corrected chi connectivity index (χ3v) is 5.15. The molecule has 30 heavy (non-hydrogen) atoms. The van der Waals surface area contributed by atoms with E-state index in [2.05, 4.69) is 4.90 Å². The molecule has 4 rings (SSSR count). The van der Waals surface area contributed by atoms with Crippen LogP contribution in [0.4, 0.5) is 0 Å². The van der Waals surface area contributed by atoms with E-state index in [-0.39, 0.29) is 28.4 Å². The number of allylic oxidation sites excluding steroid dienone is 4. The Balaban J connectivity index is 1.70. The topological polar surface area (TPSA) is 91.4 Å². The Morgan fingerprint density at radius 1 is 0.933 bits per heavy atom. The lowest BCUT2D eigenvalue weighted by Crippen LogP contribution is -2.35. The molecule has 1 saturated heterocycles. The first-order chi connectivity index (χ1) is 14.5. The quantitative estimate of drug-likeness (QED) is 0.545. The van der Waals surface area contributed by atoms with Crippen LogP contribution in [0.5, 0.6) is 5.75 Å². The predicted molar refractivity (Wildman–Crippen MR) is 105 cm³/mol. The number of nitrogens with zero attached hydrogens (tertiary/aromatic N) is 1. The van der Waals surface area contributed by atoms with Crippen molar-refractivity contribution in [2.24, 2.45) is 0 Å². The van der Waals surface area contributed by atoms with Crippen LogP contribution in [0.1, 0.15) is 15.9 Å². The first kappa shape index (κ1) is 20.1. The Kier molecular flexibility index (Phi) is 5.52. The third kappa shape index (κ3) is 3.67. The molecule has 2 aliphatic heterocycles. The van der Waals surface area contributed by atoms with Crippen LogP contribution in [0.2, 0.25) is 0 Å². The largest absolute Gasteiger partial charge is 0.492 e. The fourth-order valence-corrected chi connectivity index (χ4v) is 3.54. The fraction of sp³-hybridized carbons (Fsp3) is 0.318. The van der Waals surface area contributed by atoms with Crippen LogP contribution >= 0.6 is 0 Å². The molecule has 0 aromatic heterocycles. The van der Waals surface area contributed by atoms with Gasteiger partial charge in [0.15, 0.2) is 17.3 Å². The van der Waals surface area contributed by atoms with Gasteiger partial charge in [-0.3, -0.25) is 19.3 Å². The summed E-state index contributed by atoms with van der Waals surface area (Å²) in [6.07, 6.45) is 2.74. The summed E-state index contributed by atoms with van der Waals surface area (Å²) in [5.41, 5.74) is 1.42. The molecule has 3 aliphatic rings. The monoisotopic (exact) mass is 411 g/mol. The summed E-state index contributed by atoms with van der Waals surface area (Å²) in [4.78, 5) is 39.8. The number of fused-ring (bicyclic) bond motifs is 1. The van der Waals surface area contributed by atoms with E-state index in [0.29, 0.717) is 25.5 Å². The molecule has 1 aromatic carbocycles. The zero-order valence-corrected chi connectivity index (χ0v) is 16.7. The number of benzene rings is 1. The lowest BCUT2D eigenvalue weighted by Gasteiger charge is -2.27. The molecule has 1 aliphatic carbocycles. The number of ether oxygens (including phenoxy) is 4. The Hall–Kier alpha value is -3.23. The van der Waals surface area contributed by atoms with Gasteiger partial charge in [-0.15, -0.1) is 0 Å². The summed E-state index contributed by atoms with van der Waals surface area (Å²) in [6, 6.07) is 5.21.